The molecule has 0 radical (unpaired) electrons. The Bertz CT molecular complexity index is 360. The van der Waals surface area contributed by atoms with Crippen molar-refractivity contribution in [3.8, 4) is 0 Å². The second-order valence-electron chi connectivity index (χ2n) is 3.25. The van der Waals surface area contributed by atoms with Crippen LogP contribution in [-0.2, 0) is 0 Å². The van der Waals surface area contributed by atoms with Gasteiger partial charge in [-0.05, 0) is 34.8 Å². The van der Waals surface area contributed by atoms with Gasteiger partial charge in [0, 0.05) is 22.4 Å². The number of halogens is 1. The first-order valence-electron chi connectivity index (χ1n) is 4.45. The van der Waals surface area contributed by atoms with Crippen LogP contribution >= 0.6 is 15.9 Å². The van der Waals surface area contributed by atoms with Crippen molar-refractivity contribution in [1.82, 2.24) is 10.4 Å². The molecule has 0 amide bonds. The van der Waals surface area contributed by atoms with Crippen molar-refractivity contribution >= 4 is 21.8 Å². The van der Waals surface area contributed by atoms with Crippen molar-refractivity contribution in [2.75, 3.05) is 0 Å². The summed E-state index contributed by atoms with van der Waals surface area (Å²) in [5, 5.41) is 0. The highest BCUT2D eigenvalue weighted by Gasteiger charge is 2.21. The van der Waals surface area contributed by atoms with E-state index in [4.69, 9.17) is 5.84 Å². The molecule has 1 aliphatic rings. The highest BCUT2D eigenvalue weighted by molar-refractivity contribution is 9.10. The summed E-state index contributed by atoms with van der Waals surface area (Å²) in [6, 6.07) is 2.38. The van der Waals surface area contributed by atoms with Crippen molar-refractivity contribution in [1.29, 1.82) is 0 Å². The first-order valence-corrected chi connectivity index (χ1v) is 5.24. The van der Waals surface area contributed by atoms with E-state index < -0.39 is 0 Å². The van der Waals surface area contributed by atoms with Crippen LogP contribution in [0.1, 0.15) is 18.4 Å². The largest absolute Gasteiger partial charge is 0.308 e. The van der Waals surface area contributed by atoms with Gasteiger partial charge in [0.2, 0.25) is 0 Å². The Morgan fingerprint density at radius 1 is 1.57 bits per heavy atom. The number of nitrogens with two attached hydrogens (primary N) is 1. The molecule has 0 saturated heterocycles. The van der Waals surface area contributed by atoms with E-state index >= 15 is 0 Å². The fraction of sp³-hybridized carbons (Fsp3) is 0.333. The van der Waals surface area contributed by atoms with Gasteiger partial charge in [0.15, 0.2) is 0 Å². The smallest absolute Gasteiger partial charge is 0.144 e. The van der Waals surface area contributed by atoms with Crippen LogP contribution < -0.4 is 11.3 Å². The van der Waals surface area contributed by atoms with Crippen LogP contribution in [0.25, 0.3) is 0 Å². The third-order valence-electron chi connectivity index (χ3n) is 1.97. The summed E-state index contributed by atoms with van der Waals surface area (Å²) < 4.78 is 0.925. The van der Waals surface area contributed by atoms with Crippen molar-refractivity contribution in [3.63, 3.8) is 0 Å². The molecule has 2 rings (SSSR count). The molecule has 1 aliphatic carbocycles. The molecule has 0 spiro atoms. The monoisotopic (exact) mass is 254 g/mol. The van der Waals surface area contributed by atoms with Gasteiger partial charge < -0.3 is 5.43 Å². The lowest BCUT2D eigenvalue weighted by Crippen LogP contribution is -2.31. The van der Waals surface area contributed by atoms with Crippen LogP contribution in [-0.4, -0.2) is 16.9 Å². The first kappa shape index (κ1) is 9.61. The zero-order chi connectivity index (χ0) is 9.97. The molecule has 14 heavy (non-hydrogen) atoms. The number of amidine groups is 1. The molecule has 0 aliphatic heterocycles. The quantitative estimate of drug-likeness (QED) is 0.361. The van der Waals surface area contributed by atoms with Crippen LogP contribution in [0.5, 0.6) is 0 Å². The van der Waals surface area contributed by atoms with Crippen LogP contribution in [0.4, 0.5) is 0 Å². The van der Waals surface area contributed by atoms with Gasteiger partial charge in [0.05, 0.1) is 6.04 Å². The normalized spacial score (nSPS) is 16.9. The molecule has 1 aromatic rings. The van der Waals surface area contributed by atoms with Crippen molar-refractivity contribution in [2.45, 2.75) is 18.9 Å². The third kappa shape index (κ3) is 2.30. The summed E-state index contributed by atoms with van der Waals surface area (Å²) in [5.74, 6) is 6.12. The maximum atomic E-state index is 5.41. The molecule has 5 heteroatoms. The minimum absolute atomic E-state index is 0.444. The Morgan fingerprint density at radius 2 is 2.36 bits per heavy atom. The Hall–Kier alpha value is -0.940. The van der Waals surface area contributed by atoms with Gasteiger partial charge in [-0.25, -0.2) is 5.84 Å². The average Bonchev–Trinajstić information content (AvgIpc) is 2.98. The number of aromatic nitrogens is 1. The predicted octanol–water partition coefficient (Wildman–Crippen LogP) is 1.22. The molecule has 1 saturated carbocycles. The van der Waals surface area contributed by atoms with E-state index in [-0.39, 0.29) is 0 Å². The number of pyridine rings is 1. The summed E-state index contributed by atoms with van der Waals surface area (Å²) in [7, 11) is 0. The number of aliphatic imine (C=N–C) groups is 1. The second kappa shape index (κ2) is 4.06. The van der Waals surface area contributed by atoms with Gasteiger partial charge in [0.1, 0.15) is 5.84 Å². The van der Waals surface area contributed by atoms with Gasteiger partial charge in [-0.15, -0.1) is 0 Å². The molecule has 1 aromatic heterocycles. The van der Waals surface area contributed by atoms with E-state index in [2.05, 4.69) is 31.3 Å². The molecule has 1 heterocycles. The van der Waals surface area contributed by atoms with Gasteiger partial charge in [-0.3, -0.25) is 9.98 Å². The molecule has 0 bridgehead atoms. The number of nitrogens with one attached hydrogen (secondary N) is 1. The van der Waals surface area contributed by atoms with E-state index in [0.29, 0.717) is 11.9 Å². The Kier molecular flexibility index (Phi) is 2.79. The fourth-order valence-corrected chi connectivity index (χ4v) is 1.49. The summed E-state index contributed by atoms with van der Waals surface area (Å²) in [5.41, 5.74) is 3.52. The van der Waals surface area contributed by atoms with Crippen molar-refractivity contribution in [3.05, 3.63) is 28.5 Å². The zero-order valence-corrected chi connectivity index (χ0v) is 9.16. The Morgan fingerprint density at radius 3 is 2.93 bits per heavy atom. The second-order valence-corrected chi connectivity index (χ2v) is 4.16. The molecular formula is C9H11BrN4. The van der Waals surface area contributed by atoms with E-state index in [1.54, 1.807) is 12.4 Å². The van der Waals surface area contributed by atoms with Crippen molar-refractivity contribution in [2.24, 2.45) is 10.8 Å². The van der Waals surface area contributed by atoms with Crippen molar-refractivity contribution < 1.29 is 0 Å². The number of rotatable bonds is 2. The van der Waals surface area contributed by atoms with E-state index in [9.17, 15) is 0 Å². The minimum atomic E-state index is 0.444. The highest BCUT2D eigenvalue weighted by atomic mass is 79.9. The minimum Gasteiger partial charge on any atom is -0.308 e. The highest BCUT2D eigenvalue weighted by Crippen LogP contribution is 2.24. The third-order valence-corrected chi connectivity index (χ3v) is 2.41. The van der Waals surface area contributed by atoms with E-state index in [1.807, 2.05) is 6.07 Å². The average molecular weight is 255 g/mol. The van der Waals surface area contributed by atoms with Crippen LogP contribution in [0, 0.1) is 0 Å². The number of hydrazine groups is 1. The lowest BCUT2D eigenvalue weighted by atomic mass is 10.2. The van der Waals surface area contributed by atoms with Crippen LogP contribution in [0.3, 0.4) is 0 Å². The van der Waals surface area contributed by atoms with Crippen LogP contribution in [0.2, 0.25) is 0 Å². The maximum Gasteiger partial charge on any atom is 0.144 e. The Labute approximate surface area is 90.7 Å². The zero-order valence-electron chi connectivity index (χ0n) is 7.57. The molecule has 4 nitrogen and oxygen atoms in total. The number of nitrogens with zero attached hydrogens (tertiary/aromatic N) is 2. The van der Waals surface area contributed by atoms with Gasteiger partial charge in [-0.2, -0.15) is 0 Å². The molecule has 1 fully saturated rings. The molecule has 0 unspecified atom stereocenters. The molecular weight excluding hydrogens is 244 g/mol. The summed E-state index contributed by atoms with van der Waals surface area (Å²) >= 11 is 3.36. The Balaban J connectivity index is 2.26. The summed E-state index contributed by atoms with van der Waals surface area (Å²) in [4.78, 5) is 8.50. The first-order chi connectivity index (χ1) is 6.79. The fourth-order valence-electron chi connectivity index (χ4n) is 1.12. The standard InChI is InChI=1S/C9H11BrN4/c10-7-3-6(4-12-5-7)9(14-11)13-8-1-2-8/h3-5,8H,1-2,11H2,(H,13,14). The summed E-state index contributed by atoms with van der Waals surface area (Å²) in [6.45, 7) is 0. The molecule has 74 valence electrons. The topological polar surface area (TPSA) is 63.3 Å². The van der Waals surface area contributed by atoms with E-state index in [1.165, 1.54) is 0 Å². The van der Waals surface area contributed by atoms with E-state index in [0.717, 1.165) is 22.9 Å². The number of hydrogen-bond donors (Lipinski definition) is 2. The SMILES string of the molecule is NNC(=NC1CC1)c1cncc(Br)c1. The molecule has 0 aromatic carbocycles. The lowest BCUT2D eigenvalue weighted by Gasteiger charge is -2.04. The van der Waals surface area contributed by atoms with Gasteiger partial charge in [0.25, 0.3) is 0 Å². The summed E-state index contributed by atoms with van der Waals surface area (Å²) in [6.07, 6.45) is 5.79. The maximum absolute atomic E-state index is 5.41. The lowest BCUT2D eigenvalue weighted by molar-refractivity contribution is 0.969. The predicted molar refractivity (Wildman–Crippen MR) is 58.8 cm³/mol. The number of hydrogen-bond acceptors (Lipinski definition) is 3. The van der Waals surface area contributed by atoms with Gasteiger partial charge in [-0.1, -0.05) is 0 Å². The molecule has 0 atom stereocenters. The van der Waals surface area contributed by atoms with Crippen LogP contribution in [0.15, 0.2) is 27.9 Å². The van der Waals surface area contributed by atoms with Gasteiger partial charge >= 0.3 is 0 Å². The molecule has 3 N–H and O–H groups in total.